The average Bonchev–Trinajstić information content (AvgIpc) is 2.75. The predicted molar refractivity (Wildman–Crippen MR) is 73.2 cm³/mol. The minimum absolute atomic E-state index is 0.0563. The Kier molecular flexibility index (Phi) is 3.64. The maximum Gasteiger partial charge on any atom is 0.203 e. The maximum absolute atomic E-state index is 12.2. The minimum atomic E-state index is 0.0563. The number of thiophene rings is 1. The molecule has 0 unspecified atom stereocenters. The van der Waals surface area contributed by atoms with Crippen molar-refractivity contribution < 1.29 is 9.53 Å². The van der Waals surface area contributed by atoms with Crippen molar-refractivity contribution in [2.75, 3.05) is 7.11 Å². The van der Waals surface area contributed by atoms with E-state index in [9.17, 15) is 4.79 Å². The summed E-state index contributed by atoms with van der Waals surface area (Å²) in [6.07, 6.45) is 0. The molecule has 88 valence electrons. The number of ketones is 1. The van der Waals surface area contributed by atoms with Gasteiger partial charge in [-0.05, 0) is 58.7 Å². The highest BCUT2D eigenvalue weighted by Crippen LogP contribution is 2.26. The summed E-state index contributed by atoms with van der Waals surface area (Å²) in [5, 5.41) is 0. The molecule has 0 fully saturated rings. The standard InChI is InChI=1S/C13H11BrO2S/c1-8-7-9(16-2)3-4-10(8)13(15)11-5-6-12(14)17-11/h3-7H,1-2H3. The van der Waals surface area contributed by atoms with Crippen LogP contribution in [-0.4, -0.2) is 12.9 Å². The molecule has 0 saturated carbocycles. The van der Waals surface area contributed by atoms with Gasteiger partial charge in [0.2, 0.25) is 5.78 Å². The smallest absolute Gasteiger partial charge is 0.203 e. The highest BCUT2D eigenvalue weighted by atomic mass is 79.9. The molecule has 0 atom stereocenters. The number of hydrogen-bond donors (Lipinski definition) is 0. The fourth-order valence-electron chi connectivity index (χ4n) is 1.59. The summed E-state index contributed by atoms with van der Waals surface area (Å²) in [6, 6.07) is 9.21. The Morgan fingerprint density at radius 2 is 2.06 bits per heavy atom. The van der Waals surface area contributed by atoms with Gasteiger partial charge in [-0.3, -0.25) is 4.79 Å². The lowest BCUT2D eigenvalue weighted by molar-refractivity contribution is 0.104. The van der Waals surface area contributed by atoms with Crippen molar-refractivity contribution in [2.24, 2.45) is 0 Å². The van der Waals surface area contributed by atoms with Crippen LogP contribution in [0.1, 0.15) is 20.8 Å². The Hall–Kier alpha value is -1.13. The van der Waals surface area contributed by atoms with Crippen molar-refractivity contribution in [3.8, 4) is 5.75 Å². The molecular formula is C13H11BrO2S. The molecular weight excluding hydrogens is 300 g/mol. The Bertz CT molecular complexity index is 560. The summed E-state index contributed by atoms with van der Waals surface area (Å²) < 4.78 is 6.09. The molecule has 2 nitrogen and oxygen atoms in total. The second-order valence-electron chi connectivity index (χ2n) is 3.61. The van der Waals surface area contributed by atoms with Crippen molar-refractivity contribution in [1.29, 1.82) is 0 Å². The number of halogens is 1. The molecule has 2 aromatic rings. The highest BCUT2D eigenvalue weighted by Gasteiger charge is 2.14. The van der Waals surface area contributed by atoms with E-state index in [-0.39, 0.29) is 5.78 Å². The number of carbonyl (C=O) groups excluding carboxylic acids is 1. The number of rotatable bonds is 3. The van der Waals surface area contributed by atoms with E-state index < -0.39 is 0 Å². The zero-order valence-electron chi connectivity index (χ0n) is 9.49. The van der Waals surface area contributed by atoms with Crippen LogP contribution in [-0.2, 0) is 0 Å². The summed E-state index contributed by atoms with van der Waals surface area (Å²) in [5.41, 5.74) is 1.65. The van der Waals surface area contributed by atoms with Crippen LogP contribution in [0.3, 0.4) is 0 Å². The van der Waals surface area contributed by atoms with E-state index in [1.54, 1.807) is 7.11 Å². The van der Waals surface area contributed by atoms with Crippen LogP contribution in [0.25, 0.3) is 0 Å². The molecule has 0 spiro atoms. The number of carbonyl (C=O) groups is 1. The van der Waals surface area contributed by atoms with Crippen molar-refractivity contribution >= 4 is 33.0 Å². The molecule has 1 aromatic carbocycles. The molecule has 17 heavy (non-hydrogen) atoms. The van der Waals surface area contributed by atoms with Gasteiger partial charge in [0, 0.05) is 5.56 Å². The van der Waals surface area contributed by atoms with Crippen LogP contribution in [0, 0.1) is 6.92 Å². The maximum atomic E-state index is 12.2. The van der Waals surface area contributed by atoms with E-state index in [2.05, 4.69) is 15.9 Å². The molecule has 0 aliphatic rings. The van der Waals surface area contributed by atoms with Crippen LogP contribution in [0.15, 0.2) is 34.1 Å². The average molecular weight is 311 g/mol. The quantitative estimate of drug-likeness (QED) is 0.799. The second kappa shape index (κ2) is 5.02. The first-order valence-electron chi connectivity index (χ1n) is 5.06. The SMILES string of the molecule is COc1ccc(C(=O)c2ccc(Br)s2)c(C)c1. The predicted octanol–water partition coefficient (Wildman–Crippen LogP) is 4.06. The first kappa shape index (κ1) is 12.3. The van der Waals surface area contributed by atoms with Crippen LogP contribution in [0.2, 0.25) is 0 Å². The molecule has 2 rings (SSSR count). The molecule has 0 aliphatic carbocycles. The topological polar surface area (TPSA) is 26.3 Å². The van der Waals surface area contributed by atoms with E-state index in [1.165, 1.54) is 11.3 Å². The van der Waals surface area contributed by atoms with Gasteiger partial charge in [0.1, 0.15) is 5.75 Å². The second-order valence-corrected chi connectivity index (χ2v) is 6.08. The number of methoxy groups -OCH3 is 1. The van der Waals surface area contributed by atoms with Crippen LogP contribution < -0.4 is 4.74 Å². The van der Waals surface area contributed by atoms with Crippen LogP contribution in [0.4, 0.5) is 0 Å². The lowest BCUT2D eigenvalue weighted by Gasteiger charge is -2.06. The summed E-state index contributed by atoms with van der Waals surface area (Å²) in [7, 11) is 1.62. The number of ether oxygens (including phenoxy) is 1. The van der Waals surface area contributed by atoms with E-state index in [0.29, 0.717) is 0 Å². The lowest BCUT2D eigenvalue weighted by Crippen LogP contribution is -2.01. The van der Waals surface area contributed by atoms with E-state index in [4.69, 9.17) is 4.74 Å². The summed E-state index contributed by atoms with van der Waals surface area (Å²) in [5.74, 6) is 0.826. The summed E-state index contributed by atoms with van der Waals surface area (Å²) in [4.78, 5) is 13.0. The van der Waals surface area contributed by atoms with Crippen molar-refractivity contribution in [1.82, 2.24) is 0 Å². The summed E-state index contributed by atoms with van der Waals surface area (Å²) in [6.45, 7) is 1.92. The van der Waals surface area contributed by atoms with Gasteiger partial charge < -0.3 is 4.74 Å². The van der Waals surface area contributed by atoms with Gasteiger partial charge in [-0.1, -0.05) is 0 Å². The number of hydrogen-bond acceptors (Lipinski definition) is 3. The van der Waals surface area contributed by atoms with Gasteiger partial charge in [0.25, 0.3) is 0 Å². The van der Waals surface area contributed by atoms with Crippen LogP contribution >= 0.6 is 27.3 Å². The molecule has 0 amide bonds. The third-order valence-corrected chi connectivity index (χ3v) is 4.10. The normalized spacial score (nSPS) is 10.3. The van der Waals surface area contributed by atoms with Gasteiger partial charge >= 0.3 is 0 Å². The third-order valence-electron chi connectivity index (χ3n) is 2.48. The van der Waals surface area contributed by atoms with Gasteiger partial charge in [-0.2, -0.15) is 0 Å². The fourth-order valence-corrected chi connectivity index (χ4v) is 2.93. The number of aryl methyl sites for hydroxylation is 1. The monoisotopic (exact) mass is 310 g/mol. The van der Waals surface area contributed by atoms with Gasteiger partial charge in [-0.25, -0.2) is 0 Å². The molecule has 1 heterocycles. The third kappa shape index (κ3) is 2.58. The Balaban J connectivity index is 2.37. The first-order valence-corrected chi connectivity index (χ1v) is 6.67. The molecule has 0 bridgehead atoms. The van der Waals surface area contributed by atoms with Gasteiger partial charge in [-0.15, -0.1) is 11.3 Å². The zero-order chi connectivity index (χ0) is 12.4. The molecule has 0 saturated heterocycles. The molecule has 1 aromatic heterocycles. The minimum Gasteiger partial charge on any atom is -0.497 e. The molecule has 4 heteroatoms. The highest BCUT2D eigenvalue weighted by molar-refractivity contribution is 9.11. The van der Waals surface area contributed by atoms with Crippen LogP contribution in [0.5, 0.6) is 5.75 Å². The molecule has 0 radical (unpaired) electrons. The Morgan fingerprint density at radius 1 is 1.29 bits per heavy atom. The van der Waals surface area contributed by atoms with Crippen molar-refractivity contribution in [3.05, 3.63) is 50.1 Å². The summed E-state index contributed by atoms with van der Waals surface area (Å²) >= 11 is 4.81. The molecule has 0 N–H and O–H groups in total. The fraction of sp³-hybridized carbons (Fsp3) is 0.154. The lowest BCUT2D eigenvalue weighted by atomic mass is 10.0. The van der Waals surface area contributed by atoms with Gasteiger partial charge in [0.05, 0.1) is 15.8 Å². The molecule has 0 aliphatic heterocycles. The Morgan fingerprint density at radius 3 is 2.59 bits per heavy atom. The van der Waals surface area contributed by atoms with E-state index >= 15 is 0 Å². The van der Waals surface area contributed by atoms with Crippen molar-refractivity contribution in [3.63, 3.8) is 0 Å². The van der Waals surface area contributed by atoms with Crippen molar-refractivity contribution in [2.45, 2.75) is 6.92 Å². The largest absolute Gasteiger partial charge is 0.497 e. The zero-order valence-corrected chi connectivity index (χ0v) is 11.9. The number of benzene rings is 1. The van der Waals surface area contributed by atoms with E-state index in [0.717, 1.165) is 25.5 Å². The first-order chi connectivity index (χ1) is 8.11. The van der Waals surface area contributed by atoms with Gasteiger partial charge in [0.15, 0.2) is 0 Å². The Labute approximate surface area is 112 Å². The van der Waals surface area contributed by atoms with E-state index in [1.807, 2.05) is 37.3 Å².